The number of amides is 2. The van der Waals surface area contributed by atoms with E-state index in [2.05, 4.69) is 21.9 Å². The molecule has 0 fully saturated rings. The normalized spacial score (nSPS) is 8.77. The van der Waals surface area contributed by atoms with Crippen LogP contribution < -0.4 is 10.6 Å². The summed E-state index contributed by atoms with van der Waals surface area (Å²) in [6, 6.07) is -0.447. The SMILES string of the molecule is C=C(NC(=O)NCCC)C(=O)OC. The molecule has 0 aliphatic heterocycles. The number of methoxy groups -OCH3 is 1. The van der Waals surface area contributed by atoms with Gasteiger partial charge in [-0.1, -0.05) is 13.5 Å². The fourth-order valence-electron chi connectivity index (χ4n) is 0.594. The van der Waals surface area contributed by atoms with Crippen LogP contribution in [0.5, 0.6) is 0 Å². The van der Waals surface area contributed by atoms with Crippen LogP contribution in [-0.4, -0.2) is 25.7 Å². The third-order valence-corrected chi connectivity index (χ3v) is 1.23. The molecule has 0 rings (SSSR count). The molecule has 0 spiro atoms. The monoisotopic (exact) mass is 186 g/mol. The molecule has 0 heterocycles. The van der Waals surface area contributed by atoms with E-state index < -0.39 is 12.0 Å². The van der Waals surface area contributed by atoms with Gasteiger partial charge >= 0.3 is 12.0 Å². The van der Waals surface area contributed by atoms with Gasteiger partial charge in [0, 0.05) is 6.54 Å². The highest BCUT2D eigenvalue weighted by molar-refractivity contribution is 5.92. The summed E-state index contributed by atoms with van der Waals surface area (Å²) < 4.78 is 4.34. The van der Waals surface area contributed by atoms with Crippen LogP contribution in [0.3, 0.4) is 0 Å². The summed E-state index contributed by atoms with van der Waals surface area (Å²) in [5.74, 6) is -0.647. The maximum absolute atomic E-state index is 10.9. The third kappa shape index (κ3) is 4.84. The average Bonchev–Trinajstić information content (AvgIpc) is 2.13. The van der Waals surface area contributed by atoms with Gasteiger partial charge in [-0.05, 0) is 6.42 Å². The van der Waals surface area contributed by atoms with Gasteiger partial charge in [-0.2, -0.15) is 0 Å². The van der Waals surface area contributed by atoms with Crippen LogP contribution in [0.4, 0.5) is 4.79 Å². The Hall–Kier alpha value is -1.52. The van der Waals surface area contributed by atoms with Crippen molar-refractivity contribution in [1.82, 2.24) is 10.6 Å². The molecule has 0 unspecified atom stereocenters. The second kappa shape index (κ2) is 6.05. The topological polar surface area (TPSA) is 67.4 Å². The van der Waals surface area contributed by atoms with E-state index in [9.17, 15) is 9.59 Å². The van der Waals surface area contributed by atoms with E-state index in [0.717, 1.165) is 6.42 Å². The number of carbonyl (C=O) groups excluding carboxylic acids is 2. The van der Waals surface area contributed by atoms with Gasteiger partial charge in [0.15, 0.2) is 0 Å². The fourth-order valence-corrected chi connectivity index (χ4v) is 0.594. The number of urea groups is 1. The van der Waals surface area contributed by atoms with Crippen molar-refractivity contribution in [3.8, 4) is 0 Å². The zero-order valence-electron chi connectivity index (χ0n) is 7.85. The average molecular weight is 186 g/mol. The second-order valence-corrected chi connectivity index (χ2v) is 2.35. The number of hydrogen-bond donors (Lipinski definition) is 2. The Morgan fingerprint density at radius 1 is 1.46 bits per heavy atom. The van der Waals surface area contributed by atoms with Gasteiger partial charge in [0.2, 0.25) is 0 Å². The van der Waals surface area contributed by atoms with E-state index in [1.807, 2.05) is 6.92 Å². The minimum Gasteiger partial charge on any atom is -0.464 e. The van der Waals surface area contributed by atoms with Crippen molar-refractivity contribution in [2.24, 2.45) is 0 Å². The molecule has 0 atom stereocenters. The first-order valence-corrected chi connectivity index (χ1v) is 3.93. The van der Waals surface area contributed by atoms with Gasteiger partial charge in [0.1, 0.15) is 5.70 Å². The molecule has 13 heavy (non-hydrogen) atoms. The van der Waals surface area contributed by atoms with Gasteiger partial charge < -0.3 is 15.4 Å². The third-order valence-electron chi connectivity index (χ3n) is 1.23. The van der Waals surface area contributed by atoms with Crippen molar-refractivity contribution in [3.63, 3.8) is 0 Å². The lowest BCUT2D eigenvalue weighted by Crippen LogP contribution is -2.37. The number of carbonyl (C=O) groups is 2. The standard InChI is InChI=1S/C8H14N2O3/c1-4-5-9-8(12)10-6(2)7(11)13-3/h2,4-5H2,1,3H3,(H2,9,10,12). The molecule has 0 bridgehead atoms. The Kier molecular flexibility index (Phi) is 5.34. The van der Waals surface area contributed by atoms with E-state index >= 15 is 0 Å². The molecule has 0 saturated heterocycles. The molecule has 0 saturated carbocycles. The maximum Gasteiger partial charge on any atom is 0.353 e. The number of esters is 1. The number of nitrogens with one attached hydrogen (secondary N) is 2. The van der Waals surface area contributed by atoms with Gasteiger partial charge in [0.25, 0.3) is 0 Å². The van der Waals surface area contributed by atoms with Crippen molar-refractivity contribution in [3.05, 3.63) is 12.3 Å². The molecule has 0 aromatic heterocycles. The molecule has 5 nitrogen and oxygen atoms in total. The summed E-state index contributed by atoms with van der Waals surface area (Å²) in [7, 11) is 1.22. The highest BCUT2D eigenvalue weighted by Gasteiger charge is 2.08. The van der Waals surface area contributed by atoms with Crippen LogP contribution in [0.1, 0.15) is 13.3 Å². The van der Waals surface area contributed by atoms with E-state index in [1.54, 1.807) is 0 Å². The summed E-state index contributed by atoms with van der Waals surface area (Å²) in [5, 5.41) is 4.77. The summed E-state index contributed by atoms with van der Waals surface area (Å²) in [6.45, 7) is 5.81. The molecule has 0 aliphatic carbocycles. The molecular weight excluding hydrogens is 172 g/mol. The predicted octanol–water partition coefficient (Wildman–Crippen LogP) is 0.382. The van der Waals surface area contributed by atoms with E-state index in [0.29, 0.717) is 6.54 Å². The summed E-state index contributed by atoms with van der Waals surface area (Å²) >= 11 is 0. The van der Waals surface area contributed by atoms with Crippen molar-refractivity contribution in [2.75, 3.05) is 13.7 Å². The van der Waals surface area contributed by atoms with Crippen LogP contribution in [0.25, 0.3) is 0 Å². The Balaban J connectivity index is 3.78. The number of ether oxygens (including phenoxy) is 1. The van der Waals surface area contributed by atoms with Crippen molar-refractivity contribution < 1.29 is 14.3 Å². The van der Waals surface area contributed by atoms with Gasteiger partial charge in [-0.3, -0.25) is 0 Å². The van der Waals surface area contributed by atoms with Crippen molar-refractivity contribution >= 4 is 12.0 Å². The van der Waals surface area contributed by atoms with Crippen LogP contribution >= 0.6 is 0 Å². The van der Waals surface area contributed by atoms with E-state index in [1.165, 1.54) is 7.11 Å². The second-order valence-electron chi connectivity index (χ2n) is 2.35. The maximum atomic E-state index is 10.9. The fraction of sp³-hybridized carbons (Fsp3) is 0.500. The van der Waals surface area contributed by atoms with E-state index in [-0.39, 0.29) is 5.70 Å². The zero-order valence-corrected chi connectivity index (χ0v) is 7.85. The zero-order chi connectivity index (χ0) is 10.3. The Morgan fingerprint density at radius 3 is 2.54 bits per heavy atom. The molecule has 0 aromatic rings. The first kappa shape index (κ1) is 11.5. The molecule has 5 heteroatoms. The first-order chi connectivity index (χ1) is 6.11. The van der Waals surface area contributed by atoms with Crippen LogP contribution in [0.15, 0.2) is 12.3 Å². The minimum atomic E-state index is -0.647. The lowest BCUT2D eigenvalue weighted by molar-refractivity contribution is -0.136. The van der Waals surface area contributed by atoms with Crippen LogP contribution in [0, 0.1) is 0 Å². The summed E-state index contributed by atoms with van der Waals surface area (Å²) in [4.78, 5) is 21.7. The molecule has 0 radical (unpaired) electrons. The lowest BCUT2D eigenvalue weighted by Gasteiger charge is -2.06. The minimum absolute atomic E-state index is 0.0731. The quantitative estimate of drug-likeness (QED) is 0.492. The molecule has 2 N–H and O–H groups in total. The number of hydrogen-bond acceptors (Lipinski definition) is 3. The van der Waals surface area contributed by atoms with Crippen molar-refractivity contribution in [1.29, 1.82) is 0 Å². The predicted molar refractivity (Wildman–Crippen MR) is 48.0 cm³/mol. The largest absolute Gasteiger partial charge is 0.464 e. The van der Waals surface area contributed by atoms with Crippen LogP contribution in [0.2, 0.25) is 0 Å². The van der Waals surface area contributed by atoms with Crippen molar-refractivity contribution in [2.45, 2.75) is 13.3 Å². The molecule has 0 aromatic carbocycles. The Morgan fingerprint density at radius 2 is 2.08 bits per heavy atom. The van der Waals surface area contributed by atoms with Crippen LogP contribution in [-0.2, 0) is 9.53 Å². The highest BCUT2D eigenvalue weighted by atomic mass is 16.5. The van der Waals surface area contributed by atoms with Gasteiger partial charge in [-0.15, -0.1) is 0 Å². The van der Waals surface area contributed by atoms with Gasteiger partial charge in [0.05, 0.1) is 7.11 Å². The van der Waals surface area contributed by atoms with Gasteiger partial charge in [-0.25, -0.2) is 9.59 Å². The smallest absolute Gasteiger partial charge is 0.353 e. The summed E-state index contributed by atoms with van der Waals surface area (Å²) in [5.41, 5.74) is -0.0731. The molecule has 74 valence electrons. The van der Waals surface area contributed by atoms with E-state index in [4.69, 9.17) is 0 Å². The molecular formula is C8H14N2O3. The highest BCUT2D eigenvalue weighted by Crippen LogP contribution is 1.87. The Bertz CT molecular complexity index is 213. The summed E-state index contributed by atoms with van der Waals surface area (Å²) in [6.07, 6.45) is 0.831. The Labute approximate surface area is 77.1 Å². The first-order valence-electron chi connectivity index (χ1n) is 3.93. The molecule has 2 amide bonds. The number of rotatable bonds is 4. The molecule has 0 aliphatic rings. The lowest BCUT2D eigenvalue weighted by atomic mass is 10.5.